The summed E-state index contributed by atoms with van der Waals surface area (Å²) in [5.74, 6) is 0.411. The van der Waals surface area contributed by atoms with Gasteiger partial charge in [-0.3, -0.25) is 0 Å². The number of para-hydroxylation sites is 1. The summed E-state index contributed by atoms with van der Waals surface area (Å²) in [6.07, 6.45) is -0.193. The topological polar surface area (TPSA) is 70.6 Å². The van der Waals surface area contributed by atoms with Crippen LogP contribution < -0.4 is 15.4 Å². The molecular formula is C17H19ClN2O3. The van der Waals surface area contributed by atoms with Gasteiger partial charge in [0.1, 0.15) is 0 Å². The maximum Gasteiger partial charge on any atom is 0.319 e. The van der Waals surface area contributed by atoms with Crippen LogP contribution in [-0.2, 0) is 0 Å². The average Bonchev–Trinajstić information content (AvgIpc) is 2.56. The summed E-state index contributed by atoms with van der Waals surface area (Å²) in [7, 11) is 1.49. The third-order valence-corrected chi connectivity index (χ3v) is 3.60. The summed E-state index contributed by atoms with van der Waals surface area (Å²) >= 11 is 6.00. The summed E-state index contributed by atoms with van der Waals surface area (Å²) in [6.45, 7) is 0.338. The molecule has 2 amide bonds. The van der Waals surface area contributed by atoms with E-state index in [1.165, 1.54) is 7.11 Å². The van der Waals surface area contributed by atoms with Crippen molar-refractivity contribution in [3.8, 4) is 5.75 Å². The van der Waals surface area contributed by atoms with Crippen LogP contribution in [0, 0.1) is 0 Å². The van der Waals surface area contributed by atoms with E-state index in [0.717, 1.165) is 5.56 Å². The maximum atomic E-state index is 11.9. The Bertz CT molecular complexity index is 650. The summed E-state index contributed by atoms with van der Waals surface area (Å²) < 4.78 is 5.16. The van der Waals surface area contributed by atoms with E-state index in [-0.39, 0.29) is 6.03 Å². The van der Waals surface area contributed by atoms with E-state index in [1.807, 2.05) is 30.3 Å². The van der Waals surface area contributed by atoms with Gasteiger partial charge in [0.2, 0.25) is 0 Å². The molecule has 6 heteroatoms. The molecule has 0 fully saturated rings. The van der Waals surface area contributed by atoms with Crippen LogP contribution in [0.25, 0.3) is 0 Å². The van der Waals surface area contributed by atoms with E-state index in [4.69, 9.17) is 16.3 Å². The number of rotatable bonds is 6. The summed E-state index contributed by atoms with van der Waals surface area (Å²) in [4.78, 5) is 11.9. The zero-order chi connectivity index (χ0) is 16.7. The Balaban J connectivity index is 1.83. The summed E-state index contributed by atoms with van der Waals surface area (Å²) in [5.41, 5.74) is 1.31. The molecule has 0 radical (unpaired) electrons. The minimum Gasteiger partial charge on any atom is -0.493 e. The second-order valence-corrected chi connectivity index (χ2v) is 5.32. The normalized spacial score (nSPS) is 11.6. The van der Waals surface area contributed by atoms with Crippen LogP contribution in [0.15, 0.2) is 48.5 Å². The van der Waals surface area contributed by atoms with Gasteiger partial charge in [0.15, 0.2) is 5.75 Å². The van der Waals surface area contributed by atoms with Gasteiger partial charge in [-0.1, -0.05) is 48.0 Å². The number of hydrogen-bond acceptors (Lipinski definition) is 3. The largest absolute Gasteiger partial charge is 0.493 e. The monoisotopic (exact) mass is 334 g/mol. The molecule has 0 aliphatic heterocycles. The lowest BCUT2D eigenvalue weighted by atomic mass is 10.1. The first kappa shape index (κ1) is 17.1. The molecule has 5 nitrogen and oxygen atoms in total. The number of benzene rings is 2. The average molecular weight is 335 g/mol. The number of carbonyl (C=O) groups is 1. The first-order valence-electron chi connectivity index (χ1n) is 7.22. The number of urea groups is 1. The molecule has 0 aliphatic rings. The van der Waals surface area contributed by atoms with Crippen LogP contribution in [0.2, 0.25) is 5.02 Å². The zero-order valence-corrected chi connectivity index (χ0v) is 13.5. The molecule has 0 saturated heterocycles. The fourth-order valence-corrected chi connectivity index (χ4v) is 2.40. The van der Waals surface area contributed by atoms with Gasteiger partial charge < -0.3 is 20.5 Å². The number of aliphatic hydroxyl groups excluding tert-OH is 1. The van der Waals surface area contributed by atoms with E-state index in [0.29, 0.717) is 29.4 Å². The van der Waals surface area contributed by atoms with Crippen LogP contribution >= 0.6 is 11.6 Å². The Kier molecular flexibility index (Phi) is 6.26. The lowest BCUT2D eigenvalue weighted by Gasteiger charge is -2.14. The van der Waals surface area contributed by atoms with Gasteiger partial charge in [0.05, 0.1) is 23.9 Å². The molecule has 0 aromatic heterocycles. The number of carbonyl (C=O) groups excluding carboxylic acids is 1. The molecule has 0 saturated carbocycles. The second kappa shape index (κ2) is 8.41. The Labute approximate surface area is 140 Å². The summed E-state index contributed by atoms with van der Waals surface area (Å²) in [5, 5.41) is 15.8. The highest BCUT2D eigenvalue weighted by Crippen LogP contribution is 2.32. The van der Waals surface area contributed by atoms with E-state index in [2.05, 4.69) is 10.6 Å². The predicted octanol–water partition coefficient (Wildman–Crippen LogP) is 3.59. The number of halogens is 1. The van der Waals surface area contributed by atoms with Crippen molar-refractivity contribution in [2.75, 3.05) is 19.0 Å². The highest BCUT2D eigenvalue weighted by atomic mass is 35.5. The summed E-state index contributed by atoms with van der Waals surface area (Å²) in [6, 6.07) is 14.0. The van der Waals surface area contributed by atoms with Crippen LogP contribution in [0.5, 0.6) is 5.75 Å². The lowest BCUT2D eigenvalue weighted by molar-refractivity contribution is 0.167. The van der Waals surface area contributed by atoms with Crippen molar-refractivity contribution in [3.63, 3.8) is 0 Å². The number of nitrogens with one attached hydrogen (secondary N) is 2. The zero-order valence-electron chi connectivity index (χ0n) is 12.8. The Morgan fingerprint density at radius 3 is 2.65 bits per heavy atom. The Morgan fingerprint density at radius 1 is 1.22 bits per heavy atom. The fraction of sp³-hybridized carbons (Fsp3) is 0.235. The van der Waals surface area contributed by atoms with Gasteiger partial charge >= 0.3 is 6.03 Å². The van der Waals surface area contributed by atoms with Crippen LogP contribution in [0.3, 0.4) is 0 Å². The van der Waals surface area contributed by atoms with Crippen LogP contribution in [0.1, 0.15) is 18.1 Å². The molecule has 1 atom stereocenters. The third kappa shape index (κ3) is 4.87. The first-order valence-corrected chi connectivity index (χ1v) is 7.60. The fourth-order valence-electron chi connectivity index (χ4n) is 2.15. The van der Waals surface area contributed by atoms with E-state index < -0.39 is 6.10 Å². The molecule has 1 unspecified atom stereocenters. The molecule has 2 aromatic carbocycles. The Morgan fingerprint density at radius 2 is 1.96 bits per heavy atom. The minimum absolute atomic E-state index is 0.338. The predicted molar refractivity (Wildman–Crippen MR) is 91.0 cm³/mol. The van der Waals surface area contributed by atoms with Gasteiger partial charge in [-0.2, -0.15) is 0 Å². The van der Waals surface area contributed by atoms with Gasteiger partial charge in [-0.05, 0) is 24.1 Å². The quantitative estimate of drug-likeness (QED) is 0.756. The number of methoxy groups -OCH3 is 1. The molecule has 23 heavy (non-hydrogen) atoms. The number of anilines is 1. The van der Waals surface area contributed by atoms with Crippen molar-refractivity contribution < 1.29 is 14.6 Å². The van der Waals surface area contributed by atoms with Crippen molar-refractivity contribution in [1.82, 2.24) is 5.32 Å². The molecular weight excluding hydrogens is 316 g/mol. The van der Waals surface area contributed by atoms with Gasteiger partial charge in [0, 0.05) is 6.54 Å². The molecule has 3 N–H and O–H groups in total. The third-order valence-electron chi connectivity index (χ3n) is 3.31. The van der Waals surface area contributed by atoms with Gasteiger partial charge in [-0.15, -0.1) is 0 Å². The first-order chi connectivity index (χ1) is 11.1. The molecule has 0 aliphatic carbocycles. The molecule has 0 spiro atoms. The number of ether oxygens (including phenoxy) is 1. The van der Waals surface area contributed by atoms with E-state index >= 15 is 0 Å². The van der Waals surface area contributed by atoms with Crippen molar-refractivity contribution in [3.05, 3.63) is 59.1 Å². The van der Waals surface area contributed by atoms with Crippen LogP contribution in [0.4, 0.5) is 10.5 Å². The van der Waals surface area contributed by atoms with Crippen molar-refractivity contribution >= 4 is 23.3 Å². The van der Waals surface area contributed by atoms with Crippen molar-refractivity contribution in [2.45, 2.75) is 12.5 Å². The molecule has 122 valence electrons. The van der Waals surface area contributed by atoms with Crippen molar-refractivity contribution in [1.29, 1.82) is 0 Å². The standard InChI is InChI=1S/C17H19ClN2O3/c1-23-16-13(18)8-5-9-14(16)20-17(22)19-11-10-15(21)12-6-3-2-4-7-12/h2-9,15,21H,10-11H2,1H3,(H2,19,20,22). The van der Waals surface area contributed by atoms with Gasteiger partial charge in [0.25, 0.3) is 0 Å². The Hall–Kier alpha value is -2.24. The minimum atomic E-state index is -0.614. The van der Waals surface area contributed by atoms with Crippen molar-refractivity contribution in [2.24, 2.45) is 0 Å². The molecule has 0 heterocycles. The highest BCUT2D eigenvalue weighted by Gasteiger charge is 2.11. The second-order valence-electron chi connectivity index (χ2n) is 4.92. The van der Waals surface area contributed by atoms with Crippen LogP contribution in [-0.4, -0.2) is 24.8 Å². The molecule has 0 bridgehead atoms. The number of hydrogen-bond donors (Lipinski definition) is 3. The molecule has 2 aromatic rings. The lowest BCUT2D eigenvalue weighted by Crippen LogP contribution is -2.30. The van der Waals surface area contributed by atoms with Gasteiger partial charge in [-0.25, -0.2) is 4.79 Å². The van der Waals surface area contributed by atoms with E-state index in [9.17, 15) is 9.90 Å². The number of aliphatic hydroxyl groups is 1. The molecule has 2 rings (SSSR count). The number of amides is 2. The highest BCUT2D eigenvalue weighted by molar-refractivity contribution is 6.32. The SMILES string of the molecule is COc1c(Cl)cccc1NC(=O)NCCC(O)c1ccccc1. The smallest absolute Gasteiger partial charge is 0.319 e. The maximum absolute atomic E-state index is 11.9. The van der Waals surface area contributed by atoms with E-state index in [1.54, 1.807) is 18.2 Å².